The van der Waals surface area contributed by atoms with E-state index in [1.54, 1.807) is 0 Å². The van der Waals surface area contributed by atoms with Crippen molar-refractivity contribution in [3.05, 3.63) is 34.5 Å². The molecule has 3 N–H and O–H groups in total. The van der Waals surface area contributed by atoms with Crippen LogP contribution in [0.4, 0.5) is 10.5 Å². The first-order valence-electron chi connectivity index (χ1n) is 11.5. The Hall–Kier alpha value is -2.63. The van der Waals surface area contributed by atoms with Gasteiger partial charge in [-0.05, 0) is 60.8 Å². The Morgan fingerprint density at radius 3 is 2.45 bits per heavy atom. The predicted molar refractivity (Wildman–Crippen MR) is 119 cm³/mol. The number of nitrogens with one attached hydrogen (secondary N) is 2. The van der Waals surface area contributed by atoms with Crippen molar-refractivity contribution < 1.29 is 23.1 Å². The fourth-order valence-electron chi connectivity index (χ4n) is 5.53. The second-order valence-electron chi connectivity index (χ2n) is 9.36. The lowest BCUT2D eigenvalue weighted by Gasteiger charge is -2.42. The van der Waals surface area contributed by atoms with Gasteiger partial charge in [-0.3, -0.25) is 4.90 Å². The minimum atomic E-state index is -4.17. The van der Waals surface area contributed by atoms with Gasteiger partial charge in [-0.1, -0.05) is 6.07 Å². The average molecular weight is 474 g/mol. The van der Waals surface area contributed by atoms with Gasteiger partial charge in [-0.25, -0.2) is 22.6 Å². The number of ether oxygens (including phenoxy) is 1. The molecule has 176 valence electrons. The standard InChI is InChI=1S/C22H27N5O5S/c28-16-10-26(11-16)15-9-27-21(32-12-15)19(8-23-27)33(30,31)25-22(29)24-20-17-5-1-3-13(17)7-14-4-2-6-18(14)20/h7-8,15-16,28H,1-6,9-12H2,(H2,24,25,29). The zero-order valence-corrected chi connectivity index (χ0v) is 19.0. The number of aryl methyl sites for hydroxylation is 2. The summed E-state index contributed by atoms with van der Waals surface area (Å²) in [5.41, 5.74) is 5.58. The Balaban J connectivity index is 1.19. The van der Waals surface area contributed by atoms with Crippen molar-refractivity contribution in [1.29, 1.82) is 0 Å². The van der Waals surface area contributed by atoms with Crippen molar-refractivity contribution >= 4 is 21.7 Å². The van der Waals surface area contributed by atoms with Crippen LogP contribution in [-0.2, 0) is 42.3 Å². The average Bonchev–Trinajstić information content (AvgIpc) is 3.49. The zero-order valence-electron chi connectivity index (χ0n) is 18.2. The second-order valence-corrected chi connectivity index (χ2v) is 11.0. The molecule has 0 spiro atoms. The third-order valence-electron chi connectivity index (χ3n) is 7.19. The monoisotopic (exact) mass is 473 g/mol. The van der Waals surface area contributed by atoms with Crippen LogP contribution in [-0.4, -0.2) is 66.1 Å². The molecule has 2 amide bonds. The van der Waals surface area contributed by atoms with Crippen LogP contribution in [0.15, 0.2) is 17.2 Å². The summed E-state index contributed by atoms with van der Waals surface area (Å²) >= 11 is 0. The van der Waals surface area contributed by atoms with E-state index in [0.29, 0.717) is 26.2 Å². The van der Waals surface area contributed by atoms with E-state index in [9.17, 15) is 18.3 Å². The second kappa shape index (κ2) is 7.71. The van der Waals surface area contributed by atoms with Crippen LogP contribution in [0.3, 0.4) is 0 Å². The van der Waals surface area contributed by atoms with Crippen molar-refractivity contribution in [2.24, 2.45) is 0 Å². The number of rotatable bonds is 4. The number of amides is 2. The molecule has 0 radical (unpaired) electrons. The van der Waals surface area contributed by atoms with Gasteiger partial charge in [0, 0.05) is 18.8 Å². The zero-order chi connectivity index (χ0) is 22.7. The number of aliphatic hydroxyl groups is 1. The highest BCUT2D eigenvalue weighted by Crippen LogP contribution is 2.38. The summed E-state index contributed by atoms with van der Waals surface area (Å²) in [6, 6.07) is 1.51. The van der Waals surface area contributed by atoms with E-state index in [2.05, 4.69) is 26.1 Å². The fraction of sp³-hybridized carbons (Fsp3) is 0.545. The Morgan fingerprint density at radius 1 is 1.09 bits per heavy atom. The number of hydrogen-bond acceptors (Lipinski definition) is 7. The molecule has 2 aromatic rings. The van der Waals surface area contributed by atoms with Crippen LogP contribution in [0, 0.1) is 0 Å². The molecule has 1 aromatic heterocycles. The minimum absolute atomic E-state index is 0.0230. The fourth-order valence-corrected chi connectivity index (χ4v) is 6.52. The van der Waals surface area contributed by atoms with E-state index in [1.807, 2.05) is 0 Å². The largest absolute Gasteiger partial charge is 0.475 e. The summed E-state index contributed by atoms with van der Waals surface area (Å²) < 4.78 is 35.4. The van der Waals surface area contributed by atoms with Crippen LogP contribution in [0.25, 0.3) is 0 Å². The van der Waals surface area contributed by atoms with Crippen molar-refractivity contribution in [1.82, 2.24) is 19.4 Å². The van der Waals surface area contributed by atoms with Crippen molar-refractivity contribution in [2.45, 2.75) is 62.1 Å². The molecule has 1 fully saturated rings. The van der Waals surface area contributed by atoms with Gasteiger partial charge in [0.25, 0.3) is 10.0 Å². The van der Waals surface area contributed by atoms with E-state index >= 15 is 0 Å². The molecule has 2 aliphatic heterocycles. The molecule has 3 heterocycles. The first kappa shape index (κ1) is 20.9. The van der Waals surface area contributed by atoms with Crippen molar-refractivity contribution in [3.8, 4) is 5.88 Å². The van der Waals surface area contributed by atoms with Gasteiger partial charge in [0.2, 0.25) is 5.88 Å². The lowest BCUT2D eigenvalue weighted by Crippen LogP contribution is -2.59. The summed E-state index contributed by atoms with van der Waals surface area (Å²) in [6.45, 7) is 1.91. The maximum atomic E-state index is 13.0. The molecule has 1 saturated heterocycles. The highest BCUT2D eigenvalue weighted by molar-refractivity contribution is 7.90. The molecule has 0 saturated carbocycles. The van der Waals surface area contributed by atoms with Crippen LogP contribution in [0.2, 0.25) is 0 Å². The molecule has 33 heavy (non-hydrogen) atoms. The molecule has 1 unspecified atom stereocenters. The van der Waals surface area contributed by atoms with Crippen molar-refractivity contribution in [3.63, 3.8) is 0 Å². The number of benzene rings is 1. The smallest absolute Gasteiger partial charge is 0.333 e. The molecule has 2 aliphatic carbocycles. The van der Waals surface area contributed by atoms with Crippen molar-refractivity contribution in [2.75, 3.05) is 25.0 Å². The summed E-state index contributed by atoms with van der Waals surface area (Å²) in [5, 5.41) is 16.5. The third kappa shape index (κ3) is 3.58. The highest BCUT2D eigenvalue weighted by Gasteiger charge is 2.37. The number of likely N-dealkylation sites (tertiary alicyclic amines) is 1. The Bertz CT molecular complexity index is 1200. The molecule has 6 rings (SSSR count). The van der Waals surface area contributed by atoms with E-state index in [-0.39, 0.29) is 22.9 Å². The normalized spacial score (nSPS) is 22.2. The summed E-state index contributed by atoms with van der Waals surface area (Å²) in [4.78, 5) is 14.7. The van der Waals surface area contributed by atoms with Gasteiger partial charge in [-0.15, -0.1) is 0 Å². The van der Waals surface area contributed by atoms with Gasteiger partial charge in [0.05, 0.1) is 24.9 Å². The number of anilines is 1. The number of aromatic nitrogens is 2. The van der Waals surface area contributed by atoms with Gasteiger partial charge in [0.1, 0.15) is 6.61 Å². The Labute approximate surface area is 192 Å². The predicted octanol–water partition coefficient (Wildman–Crippen LogP) is 0.808. The van der Waals surface area contributed by atoms with Gasteiger partial charge in [-0.2, -0.15) is 5.10 Å². The number of nitrogens with zero attached hydrogens (tertiary/aromatic N) is 3. The number of aliphatic hydroxyl groups excluding tert-OH is 1. The number of hydrogen-bond donors (Lipinski definition) is 3. The molecule has 11 heteroatoms. The number of fused-ring (bicyclic) bond motifs is 3. The molecule has 4 aliphatic rings. The van der Waals surface area contributed by atoms with Gasteiger partial charge in [0.15, 0.2) is 4.90 Å². The first-order valence-corrected chi connectivity index (χ1v) is 13.0. The highest BCUT2D eigenvalue weighted by atomic mass is 32.2. The van der Waals surface area contributed by atoms with Crippen LogP contribution >= 0.6 is 0 Å². The number of carbonyl (C=O) groups is 1. The Morgan fingerprint density at radius 2 is 1.79 bits per heavy atom. The maximum absolute atomic E-state index is 13.0. The molecular formula is C22H27N5O5S. The summed E-state index contributed by atoms with van der Waals surface area (Å²) in [6.07, 6.45) is 6.76. The van der Waals surface area contributed by atoms with E-state index in [1.165, 1.54) is 22.0 Å². The number of urea groups is 1. The van der Waals surface area contributed by atoms with E-state index in [4.69, 9.17) is 4.74 Å². The Kier molecular flexibility index (Phi) is 4.89. The van der Waals surface area contributed by atoms with E-state index < -0.39 is 16.1 Å². The lowest BCUT2D eigenvalue weighted by molar-refractivity contribution is -0.0487. The van der Waals surface area contributed by atoms with Crippen LogP contribution in [0.5, 0.6) is 5.88 Å². The van der Waals surface area contributed by atoms with Crippen LogP contribution < -0.4 is 14.8 Å². The number of sulfonamides is 1. The molecule has 1 atom stereocenters. The quantitative estimate of drug-likeness (QED) is 0.600. The third-order valence-corrected chi connectivity index (χ3v) is 8.50. The molecule has 0 bridgehead atoms. The lowest BCUT2D eigenvalue weighted by atomic mass is 9.99. The maximum Gasteiger partial charge on any atom is 0.333 e. The molecule has 10 nitrogen and oxygen atoms in total. The van der Waals surface area contributed by atoms with Gasteiger partial charge < -0.3 is 15.2 Å². The first-order chi connectivity index (χ1) is 15.9. The molecular weight excluding hydrogens is 446 g/mol. The summed E-state index contributed by atoms with van der Waals surface area (Å²) in [7, 11) is -4.17. The topological polar surface area (TPSA) is 126 Å². The number of carbonyl (C=O) groups excluding carboxylic acids is 1. The number of β-amino-alcohol motifs (C(OH)–C–C–N with tert-alkyl or cyclic N) is 1. The van der Waals surface area contributed by atoms with E-state index in [0.717, 1.165) is 55.3 Å². The van der Waals surface area contributed by atoms with Gasteiger partial charge >= 0.3 is 6.03 Å². The van der Waals surface area contributed by atoms with Crippen LogP contribution in [0.1, 0.15) is 35.1 Å². The minimum Gasteiger partial charge on any atom is -0.475 e. The molecule has 1 aromatic carbocycles. The summed E-state index contributed by atoms with van der Waals surface area (Å²) in [5.74, 6) is 0.133. The SMILES string of the molecule is O=C(Nc1c2c(cc3c1CCC3)CCC2)NS(=O)(=O)c1cnn2c1OCC(N1CC(O)C1)C2.